The first kappa shape index (κ1) is 32.5. The van der Waals surface area contributed by atoms with Crippen molar-refractivity contribution in [1.82, 2.24) is 4.90 Å². The van der Waals surface area contributed by atoms with Crippen LogP contribution < -0.4 is 4.74 Å². The van der Waals surface area contributed by atoms with Gasteiger partial charge in [0.05, 0.1) is 23.2 Å². The van der Waals surface area contributed by atoms with E-state index in [0.717, 1.165) is 30.0 Å². The largest absolute Gasteiger partial charge is 0.493 e. The molecule has 1 N–H and O–H groups in total. The van der Waals surface area contributed by atoms with Crippen LogP contribution >= 0.6 is 0 Å². The van der Waals surface area contributed by atoms with Crippen LogP contribution in [0.1, 0.15) is 55.5 Å². The molecule has 0 saturated heterocycles. The van der Waals surface area contributed by atoms with Crippen molar-refractivity contribution >= 4 is 9.84 Å². The summed E-state index contributed by atoms with van der Waals surface area (Å²) in [6, 6.07) is 13.3. The molecule has 0 aliphatic heterocycles. The molecule has 5 nitrogen and oxygen atoms in total. The lowest BCUT2D eigenvalue weighted by atomic mass is 9.84. The lowest BCUT2D eigenvalue weighted by molar-refractivity contribution is -0.137. The van der Waals surface area contributed by atoms with Crippen LogP contribution in [0.3, 0.4) is 0 Å². The summed E-state index contributed by atoms with van der Waals surface area (Å²) in [5.41, 5.74) is -0.258. The van der Waals surface area contributed by atoms with Gasteiger partial charge in [-0.05, 0) is 48.7 Å². The van der Waals surface area contributed by atoms with Crippen molar-refractivity contribution < 1.29 is 40.2 Å². The monoisotopic (exact) mass is 599 g/mol. The van der Waals surface area contributed by atoms with Gasteiger partial charge >= 0.3 is 6.18 Å². The van der Waals surface area contributed by atoms with Gasteiger partial charge in [0.2, 0.25) is 0 Å². The minimum atomic E-state index is -4.48. The van der Waals surface area contributed by atoms with Crippen LogP contribution in [0.4, 0.5) is 22.0 Å². The zero-order valence-electron chi connectivity index (χ0n) is 23.3. The first-order valence-corrected chi connectivity index (χ1v) is 14.9. The smallest absolute Gasteiger partial charge is 0.416 e. The predicted octanol–water partition coefficient (Wildman–Crippen LogP) is 6.69. The molecule has 11 heteroatoms. The highest BCUT2D eigenvalue weighted by atomic mass is 32.2. The van der Waals surface area contributed by atoms with E-state index in [1.54, 1.807) is 18.2 Å². The summed E-state index contributed by atoms with van der Waals surface area (Å²) < 4.78 is 98.0. The van der Waals surface area contributed by atoms with Gasteiger partial charge in [0.15, 0.2) is 9.84 Å². The van der Waals surface area contributed by atoms with E-state index in [9.17, 15) is 35.5 Å². The lowest BCUT2D eigenvalue weighted by Crippen LogP contribution is -2.37. The fourth-order valence-corrected chi connectivity index (χ4v) is 5.71. The second-order valence-electron chi connectivity index (χ2n) is 10.8. The highest BCUT2D eigenvalue weighted by Gasteiger charge is 2.31. The number of sulfone groups is 1. The summed E-state index contributed by atoms with van der Waals surface area (Å²) in [7, 11) is -3.86. The minimum absolute atomic E-state index is 0.0246. The lowest BCUT2D eigenvalue weighted by Gasteiger charge is -2.33. The Balaban J connectivity index is 1.78. The van der Waals surface area contributed by atoms with Gasteiger partial charge in [-0.25, -0.2) is 17.2 Å². The second-order valence-corrected chi connectivity index (χ2v) is 12.8. The van der Waals surface area contributed by atoms with Crippen molar-refractivity contribution in [3.05, 3.63) is 94.6 Å². The maximum Gasteiger partial charge on any atom is 0.416 e. The zero-order chi connectivity index (χ0) is 30.6. The zero-order valence-corrected chi connectivity index (χ0v) is 24.1. The van der Waals surface area contributed by atoms with Crippen LogP contribution in [-0.2, 0) is 28.0 Å². The van der Waals surface area contributed by atoms with E-state index in [0.29, 0.717) is 25.1 Å². The summed E-state index contributed by atoms with van der Waals surface area (Å²) in [5, 5.41) is 9.85. The number of rotatable bonds is 12. The van der Waals surface area contributed by atoms with Gasteiger partial charge in [0, 0.05) is 42.9 Å². The van der Waals surface area contributed by atoms with E-state index in [1.165, 1.54) is 31.2 Å². The highest BCUT2D eigenvalue weighted by Crippen LogP contribution is 2.32. The van der Waals surface area contributed by atoms with Crippen molar-refractivity contribution in [2.24, 2.45) is 0 Å². The summed E-state index contributed by atoms with van der Waals surface area (Å²) in [6.45, 7) is 6.24. The van der Waals surface area contributed by atoms with Gasteiger partial charge in [-0.2, -0.15) is 13.2 Å². The normalized spacial score (nSPS) is 13.4. The van der Waals surface area contributed by atoms with Crippen molar-refractivity contribution in [1.29, 1.82) is 0 Å². The van der Waals surface area contributed by atoms with Crippen molar-refractivity contribution in [2.45, 2.75) is 56.3 Å². The summed E-state index contributed by atoms with van der Waals surface area (Å²) in [6.07, 6.45) is -4.54. The molecule has 3 rings (SSSR count). The Morgan fingerprint density at radius 1 is 0.976 bits per heavy atom. The Morgan fingerprint density at radius 3 is 2.22 bits per heavy atom. The molecule has 0 aromatic heterocycles. The van der Waals surface area contributed by atoms with Gasteiger partial charge in [0.25, 0.3) is 0 Å². The second kappa shape index (κ2) is 12.9. The Hall–Kier alpha value is -3.02. The van der Waals surface area contributed by atoms with Crippen LogP contribution in [0.25, 0.3) is 0 Å². The van der Waals surface area contributed by atoms with Crippen LogP contribution in [0.2, 0.25) is 0 Å². The molecule has 0 aliphatic carbocycles. The average Bonchev–Trinajstić information content (AvgIpc) is 2.85. The third-order valence-corrected chi connectivity index (χ3v) is 7.81. The van der Waals surface area contributed by atoms with Gasteiger partial charge < -0.3 is 9.84 Å². The molecule has 1 unspecified atom stereocenters. The number of aliphatic hydroxyl groups excluding tert-OH is 1. The van der Waals surface area contributed by atoms with Gasteiger partial charge in [0.1, 0.15) is 17.4 Å². The fraction of sp³-hybridized carbons (Fsp3) is 0.400. The molecule has 0 bridgehead atoms. The van der Waals surface area contributed by atoms with Gasteiger partial charge in [-0.3, -0.25) is 4.90 Å². The number of aliphatic hydroxyl groups is 1. The van der Waals surface area contributed by atoms with E-state index >= 15 is 0 Å². The molecule has 3 aromatic carbocycles. The highest BCUT2D eigenvalue weighted by molar-refractivity contribution is 7.90. The van der Waals surface area contributed by atoms with Crippen LogP contribution in [0.5, 0.6) is 5.75 Å². The molecule has 0 heterocycles. The topological polar surface area (TPSA) is 66.8 Å². The Labute approximate surface area is 237 Å². The van der Waals surface area contributed by atoms with Crippen molar-refractivity contribution in [3.63, 3.8) is 0 Å². The third kappa shape index (κ3) is 8.98. The molecule has 0 fully saturated rings. The maximum atomic E-state index is 14.6. The first-order valence-electron chi connectivity index (χ1n) is 13.0. The quantitative estimate of drug-likeness (QED) is 0.186. The molecule has 0 radical (unpaired) electrons. The van der Waals surface area contributed by atoms with E-state index in [2.05, 4.69) is 0 Å². The number of ether oxygens (including phenoxy) is 1. The third-order valence-electron chi connectivity index (χ3n) is 6.67. The molecule has 41 heavy (non-hydrogen) atoms. The van der Waals surface area contributed by atoms with Crippen LogP contribution in [-0.4, -0.2) is 44.4 Å². The Morgan fingerprint density at radius 2 is 1.63 bits per heavy atom. The summed E-state index contributed by atoms with van der Waals surface area (Å²) in [5.74, 6) is -1.31. The summed E-state index contributed by atoms with van der Waals surface area (Å²) in [4.78, 5) is 1.59. The molecular weight excluding hydrogens is 565 g/mol. The number of halogens is 5. The molecule has 1 atom stereocenters. The van der Waals surface area contributed by atoms with E-state index in [-0.39, 0.29) is 35.2 Å². The summed E-state index contributed by atoms with van der Waals surface area (Å²) >= 11 is 0. The number of hydrogen-bond donors (Lipinski definition) is 1. The molecule has 0 spiro atoms. The number of benzene rings is 3. The predicted molar refractivity (Wildman–Crippen MR) is 146 cm³/mol. The Kier molecular flexibility index (Phi) is 10.2. The minimum Gasteiger partial charge on any atom is -0.493 e. The molecule has 224 valence electrons. The van der Waals surface area contributed by atoms with E-state index in [1.807, 2.05) is 18.7 Å². The molecule has 0 aliphatic rings. The molecule has 0 amide bonds. The first-order chi connectivity index (χ1) is 19.0. The van der Waals surface area contributed by atoms with Gasteiger partial charge in [-0.1, -0.05) is 44.2 Å². The van der Waals surface area contributed by atoms with E-state index < -0.39 is 38.9 Å². The van der Waals surface area contributed by atoms with Crippen molar-refractivity contribution in [3.8, 4) is 5.75 Å². The standard InChI is InChI=1S/C30H34F5NO4S/c1-20(37)28-26(32)16-25(17-27(28)41(4,38)39)40-14-6-13-36(18-21-7-5-8-23(15-21)30(33,34)35)19-29(2,3)22-9-11-24(31)12-10-22/h5,7-12,15-17,20,37H,6,13-14,18-19H2,1-4H3. The van der Waals surface area contributed by atoms with Gasteiger partial charge in [-0.15, -0.1) is 0 Å². The SMILES string of the molecule is CC(O)c1c(F)cc(OCCCN(Cc2cccc(C(F)(F)F)c2)CC(C)(C)c2ccc(F)cc2)cc1S(C)(=O)=O. The van der Waals surface area contributed by atoms with Crippen molar-refractivity contribution in [2.75, 3.05) is 26.0 Å². The fourth-order valence-electron chi connectivity index (χ4n) is 4.71. The van der Waals surface area contributed by atoms with E-state index in [4.69, 9.17) is 4.74 Å². The molecule has 3 aromatic rings. The molecular formula is C30H34F5NO4S. The number of hydrogen-bond acceptors (Lipinski definition) is 5. The average molecular weight is 600 g/mol. The maximum absolute atomic E-state index is 14.6. The van der Waals surface area contributed by atoms with Crippen LogP contribution in [0.15, 0.2) is 65.6 Å². The molecule has 0 saturated carbocycles. The Bertz CT molecular complexity index is 1440. The number of alkyl halides is 3. The number of nitrogens with zero attached hydrogens (tertiary/aromatic N) is 1. The van der Waals surface area contributed by atoms with Crippen LogP contribution in [0, 0.1) is 11.6 Å².